The molecule has 0 spiro atoms. The molecule has 1 saturated heterocycles. The molecule has 0 saturated carbocycles. The third-order valence-corrected chi connectivity index (χ3v) is 2.97. The van der Waals surface area contributed by atoms with Gasteiger partial charge in [0.2, 0.25) is 11.8 Å². The third-order valence-electron chi connectivity index (χ3n) is 2.97. The van der Waals surface area contributed by atoms with Gasteiger partial charge >= 0.3 is 18.3 Å². The lowest BCUT2D eigenvalue weighted by atomic mass is 9.98. The van der Waals surface area contributed by atoms with Crippen LogP contribution < -0.4 is 0 Å². The first kappa shape index (κ1) is 16.6. The summed E-state index contributed by atoms with van der Waals surface area (Å²) in [6.45, 7) is -0.432. The summed E-state index contributed by atoms with van der Waals surface area (Å²) in [5.74, 6) is -8.05. The molecular weight excluding hydrogens is 296 g/mol. The first-order valence-corrected chi connectivity index (χ1v) is 5.63. The number of piperidine rings is 1. The van der Waals surface area contributed by atoms with E-state index in [0.717, 1.165) is 0 Å². The van der Waals surface area contributed by atoms with Gasteiger partial charge in [0.1, 0.15) is 6.04 Å². The third kappa shape index (κ3) is 3.54. The molecule has 1 rings (SSSR count). The number of carboxylic acid groups (broad SMARTS) is 1. The van der Waals surface area contributed by atoms with Gasteiger partial charge in [0, 0.05) is 6.54 Å². The zero-order valence-corrected chi connectivity index (χ0v) is 9.96. The van der Waals surface area contributed by atoms with Gasteiger partial charge in [0.25, 0.3) is 0 Å². The fourth-order valence-corrected chi connectivity index (χ4v) is 2.08. The Hall–Kier alpha value is -1.48. The Morgan fingerprint density at radius 3 is 1.95 bits per heavy atom. The molecule has 1 heterocycles. The highest BCUT2D eigenvalue weighted by atomic mass is 19.4. The van der Waals surface area contributed by atoms with Crippen LogP contribution in [0.15, 0.2) is 0 Å². The molecule has 1 atom stereocenters. The van der Waals surface area contributed by atoms with Crippen molar-refractivity contribution in [3.63, 3.8) is 0 Å². The predicted molar refractivity (Wildman–Crippen MR) is 52.6 cm³/mol. The van der Waals surface area contributed by atoms with E-state index in [1.165, 1.54) is 0 Å². The Morgan fingerprint density at radius 1 is 1.05 bits per heavy atom. The quantitative estimate of drug-likeness (QED) is 0.796. The Bertz CT molecular complexity index is 377. The maximum absolute atomic E-state index is 12.4. The van der Waals surface area contributed by atoms with Crippen molar-refractivity contribution in [1.82, 2.24) is 4.90 Å². The van der Waals surface area contributed by atoms with Crippen LogP contribution in [0.2, 0.25) is 0 Å². The Morgan fingerprint density at radius 2 is 1.55 bits per heavy atom. The maximum atomic E-state index is 12.4. The average molecular weight is 307 g/mol. The van der Waals surface area contributed by atoms with Crippen LogP contribution >= 0.6 is 0 Å². The van der Waals surface area contributed by atoms with E-state index in [1.54, 1.807) is 0 Å². The van der Waals surface area contributed by atoms with Crippen molar-refractivity contribution in [1.29, 1.82) is 0 Å². The van der Waals surface area contributed by atoms with E-state index in [1.807, 2.05) is 0 Å². The second-order valence-corrected chi connectivity index (χ2v) is 4.40. The summed E-state index contributed by atoms with van der Waals surface area (Å²) in [5, 5.41) is 8.79. The molecule has 1 fully saturated rings. The summed E-state index contributed by atoms with van der Waals surface area (Å²) in [5.41, 5.74) is 0. The van der Waals surface area contributed by atoms with Crippen LogP contribution in [0.25, 0.3) is 0 Å². The summed E-state index contributed by atoms with van der Waals surface area (Å²) >= 11 is 0. The summed E-state index contributed by atoms with van der Waals surface area (Å²) in [6, 6.07) is -1.65. The maximum Gasteiger partial charge on any atom is 0.409 e. The normalized spacial score (nSPS) is 21.1. The first-order valence-electron chi connectivity index (χ1n) is 5.63. The monoisotopic (exact) mass is 307 g/mol. The van der Waals surface area contributed by atoms with Crippen molar-refractivity contribution in [3.05, 3.63) is 0 Å². The highest BCUT2D eigenvalue weighted by Gasteiger charge is 2.62. The van der Waals surface area contributed by atoms with Crippen molar-refractivity contribution in [3.8, 4) is 0 Å². The van der Waals surface area contributed by atoms with Crippen molar-refractivity contribution in [2.75, 3.05) is 6.54 Å². The number of likely N-dealkylation sites (tertiary alicyclic amines) is 1. The topological polar surface area (TPSA) is 57.6 Å². The number of carbonyl (C=O) groups excluding carboxylic acids is 1. The molecule has 0 aromatic carbocycles. The van der Waals surface area contributed by atoms with Gasteiger partial charge in [0.15, 0.2) is 0 Å². The number of amides is 1. The van der Waals surface area contributed by atoms with Crippen LogP contribution in [-0.4, -0.2) is 46.8 Å². The first-order chi connectivity index (χ1) is 8.96. The molecule has 4 nitrogen and oxygen atoms in total. The number of hydrogen-bond donors (Lipinski definition) is 1. The fraction of sp³-hybridized carbons (Fsp3) is 0.800. The van der Waals surface area contributed by atoms with Crippen molar-refractivity contribution >= 4 is 11.9 Å². The number of halogens is 6. The standard InChI is InChI=1S/C10H11F6NO3/c11-9(12,13)6(10(14,15)16)7(18)17-4-2-1-3-5(17)8(19)20/h5-6H,1-4H2,(H,19,20). The lowest BCUT2D eigenvalue weighted by Crippen LogP contribution is -2.55. The molecule has 1 unspecified atom stereocenters. The highest BCUT2D eigenvalue weighted by Crippen LogP contribution is 2.41. The number of hydrogen-bond acceptors (Lipinski definition) is 2. The van der Waals surface area contributed by atoms with Crippen LogP contribution in [0.3, 0.4) is 0 Å². The van der Waals surface area contributed by atoms with Crippen LogP contribution in [0.5, 0.6) is 0 Å². The molecule has 116 valence electrons. The van der Waals surface area contributed by atoms with E-state index in [9.17, 15) is 35.9 Å². The zero-order chi connectivity index (χ0) is 15.7. The van der Waals surface area contributed by atoms with E-state index in [4.69, 9.17) is 5.11 Å². The minimum absolute atomic E-state index is 0.163. The number of aliphatic carboxylic acids is 1. The van der Waals surface area contributed by atoms with E-state index in [2.05, 4.69) is 0 Å². The molecule has 20 heavy (non-hydrogen) atoms. The van der Waals surface area contributed by atoms with E-state index < -0.39 is 42.7 Å². The summed E-state index contributed by atoms with van der Waals surface area (Å²) in [4.78, 5) is 22.5. The van der Waals surface area contributed by atoms with Crippen LogP contribution in [0, 0.1) is 5.92 Å². The van der Waals surface area contributed by atoms with Gasteiger partial charge in [-0.1, -0.05) is 0 Å². The largest absolute Gasteiger partial charge is 0.480 e. The predicted octanol–water partition coefficient (Wildman–Crippen LogP) is 2.19. The van der Waals surface area contributed by atoms with Crippen molar-refractivity contribution in [2.45, 2.75) is 37.7 Å². The van der Waals surface area contributed by atoms with Gasteiger partial charge in [-0.3, -0.25) is 4.79 Å². The molecule has 1 aliphatic heterocycles. The molecule has 10 heteroatoms. The minimum atomic E-state index is -5.81. The van der Waals surface area contributed by atoms with Gasteiger partial charge in [-0.25, -0.2) is 4.79 Å². The number of alkyl halides is 6. The molecule has 1 N–H and O–H groups in total. The molecule has 0 aromatic rings. The minimum Gasteiger partial charge on any atom is -0.480 e. The molecular formula is C10H11F6NO3. The molecule has 0 radical (unpaired) electrons. The lowest BCUT2D eigenvalue weighted by molar-refractivity contribution is -0.278. The van der Waals surface area contributed by atoms with Crippen molar-refractivity contribution in [2.24, 2.45) is 5.92 Å². The number of carbonyl (C=O) groups is 2. The molecule has 1 aliphatic rings. The smallest absolute Gasteiger partial charge is 0.409 e. The molecule has 0 aliphatic carbocycles. The Kier molecular flexibility index (Phi) is 4.55. The number of rotatable bonds is 2. The summed E-state index contributed by atoms with van der Waals surface area (Å²) in [6.07, 6.45) is -11.3. The van der Waals surface area contributed by atoms with Gasteiger partial charge in [-0.15, -0.1) is 0 Å². The highest BCUT2D eigenvalue weighted by molar-refractivity contribution is 5.86. The van der Waals surface area contributed by atoms with E-state index >= 15 is 0 Å². The van der Waals surface area contributed by atoms with E-state index in [-0.39, 0.29) is 17.7 Å². The van der Waals surface area contributed by atoms with Gasteiger partial charge < -0.3 is 10.0 Å². The Labute approximate surface area is 109 Å². The second-order valence-electron chi connectivity index (χ2n) is 4.40. The Balaban J connectivity index is 3.08. The second kappa shape index (κ2) is 5.49. The van der Waals surface area contributed by atoms with Gasteiger partial charge in [-0.05, 0) is 19.3 Å². The van der Waals surface area contributed by atoms with E-state index in [0.29, 0.717) is 6.42 Å². The van der Waals surface area contributed by atoms with Crippen LogP contribution in [-0.2, 0) is 9.59 Å². The van der Waals surface area contributed by atoms with Crippen molar-refractivity contribution < 1.29 is 41.0 Å². The van der Waals surface area contributed by atoms with Gasteiger partial charge in [-0.2, -0.15) is 26.3 Å². The molecule has 0 aromatic heterocycles. The molecule has 0 bridgehead atoms. The fourth-order valence-electron chi connectivity index (χ4n) is 2.08. The van der Waals surface area contributed by atoms with Gasteiger partial charge in [0.05, 0.1) is 0 Å². The van der Waals surface area contributed by atoms with Crippen LogP contribution in [0.4, 0.5) is 26.3 Å². The average Bonchev–Trinajstić information content (AvgIpc) is 2.24. The molecule has 1 amide bonds. The summed E-state index contributed by atoms with van der Waals surface area (Å²) < 4.78 is 74.6. The SMILES string of the molecule is O=C(O)C1CCCCN1C(=O)C(C(F)(F)F)C(F)(F)F. The lowest BCUT2D eigenvalue weighted by Gasteiger charge is -2.36. The summed E-state index contributed by atoms with van der Waals surface area (Å²) in [7, 11) is 0. The number of carboxylic acids is 1. The zero-order valence-electron chi connectivity index (χ0n) is 9.96. The van der Waals surface area contributed by atoms with Crippen LogP contribution in [0.1, 0.15) is 19.3 Å². The number of nitrogens with zero attached hydrogens (tertiary/aromatic N) is 1.